The Labute approximate surface area is 113 Å². The molecule has 0 atom stereocenters. The standard InChI is InChI=1S/C12H18N2O4S/c1-12(2,3)14(8-10(15)16)11-9(19(4,17)18)6-5-7-13-11/h5-7H,8H2,1-4H3,(H,15,16). The molecule has 0 radical (unpaired) electrons. The van der Waals surface area contributed by atoms with E-state index in [4.69, 9.17) is 5.11 Å². The molecule has 19 heavy (non-hydrogen) atoms. The number of sulfone groups is 1. The molecule has 0 aliphatic heterocycles. The SMILES string of the molecule is CC(C)(C)N(CC(=O)O)c1ncccc1S(C)(=O)=O. The fourth-order valence-corrected chi connectivity index (χ4v) is 2.46. The summed E-state index contributed by atoms with van der Waals surface area (Å²) < 4.78 is 23.5. The van der Waals surface area contributed by atoms with Crippen molar-refractivity contribution in [2.24, 2.45) is 0 Å². The average Bonchev–Trinajstić information content (AvgIpc) is 2.23. The number of hydrogen-bond donors (Lipinski definition) is 1. The summed E-state index contributed by atoms with van der Waals surface area (Å²) in [4.78, 5) is 16.5. The minimum absolute atomic E-state index is 0.0335. The third-order valence-corrected chi connectivity index (χ3v) is 3.63. The summed E-state index contributed by atoms with van der Waals surface area (Å²) in [7, 11) is -3.47. The van der Waals surface area contributed by atoms with Gasteiger partial charge in [-0.25, -0.2) is 13.4 Å². The summed E-state index contributed by atoms with van der Waals surface area (Å²) in [6, 6.07) is 2.94. The van der Waals surface area contributed by atoms with E-state index in [1.807, 2.05) is 0 Å². The number of hydrogen-bond acceptors (Lipinski definition) is 5. The van der Waals surface area contributed by atoms with Crippen molar-refractivity contribution in [2.45, 2.75) is 31.2 Å². The lowest BCUT2D eigenvalue weighted by atomic mass is 10.1. The highest BCUT2D eigenvalue weighted by atomic mass is 32.2. The molecule has 0 aliphatic carbocycles. The number of nitrogens with zero attached hydrogens (tertiary/aromatic N) is 2. The van der Waals surface area contributed by atoms with Crippen LogP contribution in [0.2, 0.25) is 0 Å². The molecule has 1 heterocycles. The summed E-state index contributed by atoms with van der Waals surface area (Å²) in [5, 5.41) is 8.98. The first kappa shape index (κ1) is 15.4. The van der Waals surface area contributed by atoms with Crippen LogP contribution in [-0.4, -0.2) is 42.8 Å². The summed E-state index contributed by atoms with van der Waals surface area (Å²) in [5.74, 6) is -0.875. The molecule has 0 bridgehead atoms. The Kier molecular flexibility index (Phi) is 4.19. The van der Waals surface area contributed by atoms with Gasteiger partial charge in [0.15, 0.2) is 9.84 Å². The molecule has 0 amide bonds. The van der Waals surface area contributed by atoms with Crippen LogP contribution in [0.15, 0.2) is 23.2 Å². The molecule has 0 aliphatic rings. The Morgan fingerprint density at radius 3 is 2.42 bits per heavy atom. The van der Waals surface area contributed by atoms with Crippen molar-refractivity contribution in [2.75, 3.05) is 17.7 Å². The van der Waals surface area contributed by atoms with Crippen LogP contribution in [0.1, 0.15) is 20.8 Å². The number of carboxylic acids is 1. The van der Waals surface area contributed by atoms with Crippen LogP contribution in [0.3, 0.4) is 0 Å². The summed E-state index contributed by atoms with van der Waals surface area (Å²) >= 11 is 0. The lowest BCUT2D eigenvalue weighted by molar-refractivity contribution is -0.135. The first-order valence-electron chi connectivity index (χ1n) is 5.68. The molecule has 1 rings (SSSR count). The van der Waals surface area contributed by atoms with Crippen molar-refractivity contribution in [3.63, 3.8) is 0 Å². The number of carboxylic acid groups (broad SMARTS) is 1. The predicted molar refractivity (Wildman–Crippen MR) is 72.1 cm³/mol. The van der Waals surface area contributed by atoms with Gasteiger partial charge in [0, 0.05) is 18.0 Å². The fraction of sp³-hybridized carbons (Fsp3) is 0.500. The lowest BCUT2D eigenvalue weighted by Gasteiger charge is -2.36. The second-order valence-electron chi connectivity index (χ2n) is 5.25. The Morgan fingerprint density at radius 1 is 1.42 bits per heavy atom. The van der Waals surface area contributed by atoms with E-state index in [2.05, 4.69) is 4.98 Å². The third-order valence-electron chi connectivity index (χ3n) is 2.51. The maximum absolute atomic E-state index is 11.8. The highest BCUT2D eigenvalue weighted by molar-refractivity contribution is 7.90. The molecule has 0 saturated heterocycles. The van der Waals surface area contributed by atoms with Crippen LogP contribution in [0.25, 0.3) is 0 Å². The van der Waals surface area contributed by atoms with Crippen molar-refractivity contribution >= 4 is 21.6 Å². The monoisotopic (exact) mass is 286 g/mol. The topological polar surface area (TPSA) is 87.6 Å². The van der Waals surface area contributed by atoms with E-state index in [-0.39, 0.29) is 17.3 Å². The van der Waals surface area contributed by atoms with E-state index < -0.39 is 21.3 Å². The smallest absolute Gasteiger partial charge is 0.323 e. The largest absolute Gasteiger partial charge is 0.480 e. The van der Waals surface area contributed by atoms with Gasteiger partial charge in [0.1, 0.15) is 17.3 Å². The number of pyridine rings is 1. The minimum Gasteiger partial charge on any atom is -0.480 e. The predicted octanol–water partition coefficient (Wildman–Crippen LogP) is 1.17. The maximum atomic E-state index is 11.8. The number of rotatable bonds is 4. The molecule has 106 valence electrons. The first-order chi connectivity index (χ1) is 8.53. The summed E-state index contributed by atoms with van der Waals surface area (Å²) in [5.41, 5.74) is -0.563. The maximum Gasteiger partial charge on any atom is 0.323 e. The normalized spacial score (nSPS) is 12.2. The van der Waals surface area contributed by atoms with E-state index in [1.165, 1.54) is 23.2 Å². The number of aromatic nitrogens is 1. The van der Waals surface area contributed by atoms with Gasteiger partial charge in [0.2, 0.25) is 0 Å². The molecule has 0 unspecified atom stereocenters. The fourth-order valence-electron chi connectivity index (χ4n) is 1.64. The number of aliphatic carboxylic acids is 1. The molecular formula is C12H18N2O4S. The van der Waals surface area contributed by atoms with Gasteiger partial charge in [-0.1, -0.05) is 0 Å². The van der Waals surface area contributed by atoms with Crippen LogP contribution in [0.5, 0.6) is 0 Å². The zero-order chi connectivity index (χ0) is 14.8. The van der Waals surface area contributed by atoms with Crippen molar-refractivity contribution in [3.05, 3.63) is 18.3 Å². The van der Waals surface area contributed by atoms with E-state index >= 15 is 0 Å². The van der Waals surface area contributed by atoms with Crippen LogP contribution >= 0.6 is 0 Å². The molecule has 0 aromatic carbocycles. The Balaban J connectivity index is 3.44. The van der Waals surface area contributed by atoms with Crippen LogP contribution < -0.4 is 4.90 Å². The highest BCUT2D eigenvalue weighted by Crippen LogP contribution is 2.27. The quantitative estimate of drug-likeness (QED) is 0.894. The molecule has 1 aromatic rings. The van der Waals surface area contributed by atoms with E-state index in [0.717, 1.165) is 6.26 Å². The molecule has 0 fully saturated rings. The van der Waals surface area contributed by atoms with Gasteiger partial charge in [-0.15, -0.1) is 0 Å². The Morgan fingerprint density at radius 2 is 2.00 bits per heavy atom. The van der Waals surface area contributed by atoms with Gasteiger partial charge in [-0.2, -0.15) is 0 Å². The highest BCUT2D eigenvalue weighted by Gasteiger charge is 2.29. The number of anilines is 1. The average molecular weight is 286 g/mol. The van der Waals surface area contributed by atoms with Crippen molar-refractivity contribution in [1.29, 1.82) is 0 Å². The molecular weight excluding hydrogens is 268 g/mol. The Bertz CT molecular complexity index is 576. The van der Waals surface area contributed by atoms with Gasteiger partial charge in [-0.3, -0.25) is 4.79 Å². The van der Waals surface area contributed by atoms with Crippen LogP contribution in [0, 0.1) is 0 Å². The van der Waals surface area contributed by atoms with Gasteiger partial charge in [0.25, 0.3) is 0 Å². The second kappa shape index (κ2) is 5.16. The molecule has 1 aromatic heterocycles. The van der Waals surface area contributed by atoms with Gasteiger partial charge >= 0.3 is 5.97 Å². The van der Waals surface area contributed by atoms with Crippen LogP contribution in [-0.2, 0) is 14.6 Å². The van der Waals surface area contributed by atoms with E-state index in [9.17, 15) is 13.2 Å². The summed E-state index contributed by atoms with van der Waals surface area (Å²) in [6.07, 6.45) is 2.53. The zero-order valence-electron chi connectivity index (χ0n) is 11.4. The molecule has 6 nitrogen and oxygen atoms in total. The molecule has 7 heteroatoms. The molecule has 0 saturated carbocycles. The van der Waals surface area contributed by atoms with Crippen LogP contribution in [0.4, 0.5) is 5.82 Å². The number of carbonyl (C=O) groups is 1. The van der Waals surface area contributed by atoms with Gasteiger partial charge in [-0.05, 0) is 32.9 Å². The van der Waals surface area contributed by atoms with Crippen molar-refractivity contribution in [1.82, 2.24) is 4.98 Å². The molecule has 1 N–H and O–H groups in total. The third kappa shape index (κ3) is 3.92. The minimum atomic E-state index is -3.47. The Hall–Kier alpha value is -1.63. The lowest BCUT2D eigenvalue weighted by Crippen LogP contribution is -2.45. The second-order valence-corrected chi connectivity index (χ2v) is 7.23. The van der Waals surface area contributed by atoms with Crippen molar-refractivity contribution < 1.29 is 18.3 Å². The van der Waals surface area contributed by atoms with Gasteiger partial charge < -0.3 is 10.0 Å². The zero-order valence-corrected chi connectivity index (χ0v) is 12.2. The van der Waals surface area contributed by atoms with E-state index in [0.29, 0.717) is 0 Å². The van der Waals surface area contributed by atoms with Gasteiger partial charge in [0.05, 0.1) is 0 Å². The summed E-state index contributed by atoms with van der Waals surface area (Å²) in [6.45, 7) is 5.09. The van der Waals surface area contributed by atoms with Crippen molar-refractivity contribution in [3.8, 4) is 0 Å². The molecule has 0 spiro atoms. The van der Waals surface area contributed by atoms with E-state index in [1.54, 1.807) is 20.8 Å². The first-order valence-corrected chi connectivity index (χ1v) is 7.57.